The Morgan fingerprint density at radius 3 is 2.75 bits per heavy atom. The van der Waals surface area contributed by atoms with Crippen molar-refractivity contribution in [1.82, 2.24) is 4.90 Å². The molecule has 0 aromatic heterocycles. The molecular formula is C11H19NO4. The molecule has 1 unspecified atom stereocenters. The van der Waals surface area contributed by atoms with Gasteiger partial charge in [0.05, 0.1) is 12.7 Å². The number of ether oxygens (including phenoxy) is 2. The Morgan fingerprint density at radius 1 is 1.44 bits per heavy atom. The Hall–Kier alpha value is -1.10. The molecule has 0 bridgehead atoms. The van der Waals surface area contributed by atoms with Gasteiger partial charge in [0.15, 0.2) is 0 Å². The average molecular weight is 229 g/mol. The Labute approximate surface area is 95.7 Å². The van der Waals surface area contributed by atoms with Crippen LogP contribution in [0.2, 0.25) is 0 Å². The number of hydrogen-bond acceptors (Lipinski definition) is 4. The number of hydrogen-bond donors (Lipinski definition) is 0. The van der Waals surface area contributed by atoms with Gasteiger partial charge in [-0.05, 0) is 26.2 Å². The number of rotatable bonds is 3. The van der Waals surface area contributed by atoms with Gasteiger partial charge in [-0.2, -0.15) is 0 Å². The van der Waals surface area contributed by atoms with E-state index < -0.39 is 11.9 Å². The second kappa shape index (κ2) is 6.48. The number of amides is 1. The van der Waals surface area contributed by atoms with Gasteiger partial charge in [0, 0.05) is 20.2 Å². The van der Waals surface area contributed by atoms with Gasteiger partial charge in [-0.3, -0.25) is 4.79 Å². The fraction of sp³-hybridized carbons (Fsp3) is 0.818. The average Bonchev–Trinajstić information content (AvgIpc) is 2.29. The standard InChI is InChI=1S/C11H19NO4/c1-3-15-11(14)10(13)12(2)8-9-6-4-5-7-16-9/h9H,3-8H2,1-2H3. The van der Waals surface area contributed by atoms with Crippen molar-refractivity contribution < 1.29 is 19.1 Å². The molecule has 0 aliphatic carbocycles. The Kier molecular flexibility index (Phi) is 5.25. The first kappa shape index (κ1) is 13.0. The largest absolute Gasteiger partial charge is 0.459 e. The summed E-state index contributed by atoms with van der Waals surface area (Å²) in [6, 6.07) is 0. The summed E-state index contributed by atoms with van der Waals surface area (Å²) in [5.74, 6) is -1.39. The lowest BCUT2D eigenvalue weighted by Crippen LogP contribution is -2.41. The zero-order chi connectivity index (χ0) is 12.0. The van der Waals surface area contributed by atoms with Gasteiger partial charge in [-0.1, -0.05) is 0 Å². The Balaban J connectivity index is 2.35. The first-order valence-corrected chi connectivity index (χ1v) is 5.69. The first-order valence-electron chi connectivity index (χ1n) is 5.69. The van der Waals surface area contributed by atoms with Crippen LogP contribution < -0.4 is 0 Å². The highest BCUT2D eigenvalue weighted by Crippen LogP contribution is 2.13. The third-order valence-corrected chi connectivity index (χ3v) is 2.55. The maximum absolute atomic E-state index is 11.5. The topological polar surface area (TPSA) is 55.8 Å². The fourth-order valence-electron chi connectivity index (χ4n) is 1.69. The highest BCUT2D eigenvalue weighted by atomic mass is 16.5. The molecule has 0 N–H and O–H groups in total. The van der Waals surface area contributed by atoms with E-state index in [1.54, 1.807) is 14.0 Å². The molecule has 16 heavy (non-hydrogen) atoms. The summed E-state index contributed by atoms with van der Waals surface area (Å²) in [7, 11) is 1.59. The van der Waals surface area contributed by atoms with Gasteiger partial charge in [0.25, 0.3) is 0 Å². The van der Waals surface area contributed by atoms with E-state index >= 15 is 0 Å². The number of likely N-dealkylation sites (N-methyl/N-ethyl adjacent to an activating group) is 1. The van der Waals surface area contributed by atoms with Crippen molar-refractivity contribution in [2.75, 3.05) is 26.8 Å². The van der Waals surface area contributed by atoms with Crippen LogP contribution in [-0.4, -0.2) is 49.7 Å². The van der Waals surface area contributed by atoms with E-state index in [1.807, 2.05) is 0 Å². The lowest BCUT2D eigenvalue weighted by Gasteiger charge is -2.26. The molecule has 0 saturated carbocycles. The van der Waals surface area contributed by atoms with Crippen LogP contribution in [0.25, 0.3) is 0 Å². The second-order valence-electron chi connectivity index (χ2n) is 3.89. The van der Waals surface area contributed by atoms with E-state index in [0.29, 0.717) is 6.54 Å². The summed E-state index contributed by atoms with van der Waals surface area (Å²) in [5, 5.41) is 0. The minimum Gasteiger partial charge on any atom is -0.459 e. The third kappa shape index (κ3) is 3.81. The molecule has 0 aromatic rings. The number of esters is 1. The van der Waals surface area contributed by atoms with E-state index in [0.717, 1.165) is 25.9 Å². The maximum atomic E-state index is 11.5. The van der Waals surface area contributed by atoms with Crippen LogP contribution in [0.1, 0.15) is 26.2 Å². The molecule has 1 fully saturated rings. The van der Waals surface area contributed by atoms with Crippen molar-refractivity contribution in [3.63, 3.8) is 0 Å². The van der Waals surface area contributed by atoms with E-state index in [-0.39, 0.29) is 12.7 Å². The van der Waals surface area contributed by atoms with Crippen LogP contribution in [0, 0.1) is 0 Å². The minimum absolute atomic E-state index is 0.0529. The van der Waals surface area contributed by atoms with Crippen LogP contribution >= 0.6 is 0 Å². The van der Waals surface area contributed by atoms with Gasteiger partial charge in [-0.15, -0.1) is 0 Å². The lowest BCUT2D eigenvalue weighted by molar-refractivity contribution is -0.160. The van der Waals surface area contributed by atoms with Crippen molar-refractivity contribution in [3.8, 4) is 0 Å². The molecule has 5 nitrogen and oxygen atoms in total. The molecule has 1 aliphatic rings. The smallest absolute Gasteiger partial charge is 0.397 e. The summed E-state index contributed by atoms with van der Waals surface area (Å²) in [6.45, 7) is 3.09. The van der Waals surface area contributed by atoms with Crippen molar-refractivity contribution in [2.45, 2.75) is 32.3 Å². The van der Waals surface area contributed by atoms with Crippen LogP contribution in [0.5, 0.6) is 0 Å². The number of nitrogens with zero attached hydrogens (tertiary/aromatic N) is 1. The zero-order valence-corrected chi connectivity index (χ0v) is 9.90. The van der Waals surface area contributed by atoms with Crippen molar-refractivity contribution in [1.29, 1.82) is 0 Å². The van der Waals surface area contributed by atoms with Gasteiger partial charge in [-0.25, -0.2) is 4.79 Å². The summed E-state index contributed by atoms with van der Waals surface area (Å²) < 4.78 is 10.1. The summed E-state index contributed by atoms with van der Waals surface area (Å²) in [5.41, 5.74) is 0. The highest BCUT2D eigenvalue weighted by Gasteiger charge is 2.23. The normalized spacial score (nSPS) is 20.2. The molecule has 0 spiro atoms. The van der Waals surface area contributed by atoms with Crippen molar-refractivity contribution in [2.24, 2.45) is 0 Å². The molecule has 0 aromatic carbocycles. The van der Waals surface area contributed by atoms with Crippen LogP contribution in [0.3, 0.4) is 0 Å². The van der Waals surface area contributed by atoms with E-state index in [4.69, 9.17) is 4.74 Å². The van der Waals surface area contributed by atoms with Gasteiger partial charge >= 0.3 is 11.9 Å². The minimum atomic E-state index is -0.791. The molecular weight excluding hydrogens is 210 g/mol. The van der Waals surface area contributed by atoms with E-state index in [9.17, 15) is 9.59 Å². The predicted octanol–water partition coefficient (Wildman–Crippen LogP) is 0.577. The second-order valence-corrected chi connectivity index (χ2v) is 3.89. The van der Waals surface area contributed by atoms with Crippen LogP contribution in [0.4, 0.5) is 0 Å². The van der Waals surface area contributed by atoms with Gasteiger partial charge in [0.1, 0.15) is 0 Å². The van der Waals surface area contributed by atoms with E-state index in [2.05, 4.69) is 4.74 Å². The molecule has 1 amide bonds. The Morgan fingerprint density at radius 2 is 2.19 bits per heavy atom. The zero-order valence-electron chi connectivity index (χ0n) is 9.90. The maximum Gasteiger partial charge on any atom is 0.397 e. The van der Waals surface area contributed by atoms with Crippen LogP contribution in [0.15, 0.2) is 0 Å². The van der Waals surface area contributed by atoms with E-state index in [1.165, 1.54) is 4.90 Å². The third-order valence-electron chi connectivity index (χ3n) is 2.55. The van der Waals surface area contributed by atoms with Crippen LogP contribution in [-0.2, 0) is 19.1 Å². The lowest BCUT2D eigenvalue weighted by atomic mass is 10.1. The highest BCUT2D eigenvalue weighted by molar-refractivity contribution is 6.32. The molecule has 92 valence electrons. The fourth-order valence-corrected chi connectivity index (χ4v) is 1.69. The summed E-state index contributed by atoms with van der Waals surface area (Å²) in [4.78, 5) is 24.0. The monoisotopic (exact) mass is 229 g/mol. The van der Waals surface area contributed by atoms with Gasteiger partial charge < -0.3 is 14.4 Å². The van der Waals surface area contributed by atoms with Crippen molar-refractivity contribution >= 4 is 11.9 Å². The van der Waals surface area contributed by atoms with Crippen molar-refractivity contribution in [3.05, 3.63) is 0 Å². The molecule has 5 heteroatoms. The number of carbonyl (C=O) groups excluding carboxylic acids is 2. The molecule has 1 saturated heterocycles. The molecule has 1 atom stereocenters. The molecule has 1 heterocycles. The molecule has 0 radical (unpaired) electrons. The summed E-state index contributed by atoms with van der Waals surface area (Å²) in [6.07, 6.45) is 3.19. The SMILES string of the molecule is CCOC(=O)C(=O)N(C)CC1CCCCO1. The first-order chi connectivity index (χ1) is 7.65. The number of carbonyl (C=O) groups is 2. The molecule has 1 rings (SSSR count). The summed E-state index contributed by atoms with van der Waals surface area (Å²) >= 11 is 0. The molecule has 1 aliphatic heterocycles. The Bertz CT molecular complexity index is 248. The quantitative estimate of drug-likeness (QED) is 0.524. The van der Waals surface area contributed by atoms with Gasteiger partial charge in [0.2, 0.25) is 0 Å². The predicted molar refractivity (Wildman–Crippen MR) is 57.9 cm³/mol.